The van der Waals surface area contributed by atoms with Crippen LogP contribution in [-0.4, -0.2) is 29.1 Å². The van der Waals surface area contributed by atoms with E-state index in [1.54, 1.807) is 18.2 Å². The van der Waals surface area contributed by atoms with Gasteiger partial charge in [0, 0.05) is 40.4 Å². The molecule has 1 aromatic carbocycles. The molecule has 120 valence electrons. The van der Waals surface area contributed by atoms with E-state index in [2.05, 4.69) is 15.2 Å². The summed E-state index contributed by atoms with van der Waals surface area (Å²) >= 11 is 13.5. The number of nitrogens with zero attached hydrogens (tertiary/aromatic N) is 2. The predicted molar refractivity (Wildman–Crippen MR) is 96.1 cm³/mol. The van der Waals surface area contributed by atoms with Crippen LogP contribution >= 0.6 is 35.0 Å². The highest BCUT2D eigenvalue weighted by Crippen LogP contribution is 2.48. The number of halogens is 2. The van der Waals surface area contributed by atoms with Crippen molar-refractivity contribution in [2.24, 2.45) is 10.9 Å². The lowest BCUT2D eigenvalue weighted by Gasteiger charge is -2.25. The second kappa shape index (κ2) is 6.04. The fourth-order valence-electron chi connectivity index (χ4n) is 2.90. The number of nitrogens with one attached hydrogen (secondary N) is 1. The van der Waals surface area contributed by atoms with Crippen molar-refractivity contribution < 1.29 is 4.79 Å². The van der Waals surface area contributed by atoms with Crippen LogP contribution in [0.2, 0.25) is 10.0 Å². The Labute approximate surface area is 148 Å². The Morgan fingerprint density at radius 3 is 2.70 bits per heavy atom. The summed E-state index contributed by atoms with van der Waals surface area (Å²) in [7, 11) is 0. The SMILES string of the molecule is O=C(Nc1cc(Cl)cc(Cl)c1)C1=C(C2CC2)N2CCCN=C2S1. The molecule has 0 atom stereocenters. The number of amidine groups is 1. The Kier molecular flexibility index (Phi) is 4.03. The van der Waals surface area contributed by atoms with E-state index in [1.807, 2.05) is 0 Å². The molecule has 2 aliphatic heterocycles. The van der Waals surface area contributed by atoms with Gasteiger partial charge >= 0.3 is 0 Å². The molecule has 0 bridgehead atoms. The number of hydrogen-bond donors (Lipinski definition) is 1. The van der Waals surface area contributed by atoms with E-state index >= 15 is 0 Å². The molecule has 1 aromatic rings. The van der Waals surface area contributed by atoms with Gasteiger partial charge < -0.3 is 10.2 Å². The number of rotatable bonds is 3. The van der Waals surface area contributed by atoms with Crippen LogP contribution in [0.15, 0.2) is 33.8 Å². The van der Waals surface area contributed by atoms with Crippen molar-refractivity contribution in [3.05, 3.63) is 38.8 Å². The smallest absolute Gasteiger partial charge is 0.264 e. The standard InChI is InChI=1S/C16H15Cl2N3OS/c17-10-6-11(18)8-12(7-10)20-15(22)14-13(9-2-3-9)21-5-1-4-19-16(21)23-14/h6-9H,1-5H2,(H,20,22). The zero-order valence-electron chi connectivity index (χ0n) is 12.3. The van der Waals surface area contributed by atoms with Crippen LogP contribution in [-0.2, 0) is 4.79 Å². The van der Waals surface area contributed by atoms with Crippen molar-refractivity contribution in [3.63, 3.8) is 0 Å². The predicted octanol–water partition coefficient (Wildman–Crippen LogP) is 4.36. The van der Waals surface area contributed by atoms with E-state index in [4.69, 9.17) is 23.2 Å². The lowest BCUT2D eigenvalue weighted by molar-refractivity contribution is -0.112. The molecule has 1 N–H and O–H groups in total. The monoisotopic (exact) mass is 367 g/mol. The van der Waals surface area contributed by atoms with Crippen LogP contribution in [0.1, 0.15) is 19.3 Å². The first kappa shape index (κ1) is 15.4. The zero-order valence-corrected chi connectivity index (χ0v) is 14.6. The maximum absolute atomic E-state index is 12.8. The third-order valence-corrected chi connectivity index (χ3v) is 5.59. The van der Waals surface area contributed by atoms with Crippen molar-refractivity contribution in [2.45, 2.75) is 19.3 Å². The second-order valence-corrected chi connectivity index (χ2v) is 7.72. The van der Waals surface area contributed by atoms with Gasteiger partial charge in [0.05, 0.1) is 0 Å². The largest absolute Gasteiger partial charge is 0.323 e. The molecule has 4 rings (SSSR count). The van der Waals surface area contributed by atoms with Gasteiger partial charge in [-0.25, -0.2) is 0 Å². The quantitative estimate of drug-likeness (QED) is 0.862. The second-order valence-electron chi connectivity index (χ2n) is 5.87. The van der Waals surface area contributed by atoms with Crippen LogP contribution < -0.4 is 5.32 Å². The normalized spacial score (nSPS) is 20.4. The minimum Gasteiger partial charge on any atom is -0.323 e. The van der Waals surface area contributed by atoms with E-state index in [-0.39, 0.29) is 5.91 Å². The number of amides is 1. The minimum absolute atomic E-state index is 0.104. The van der Waals surface area contributed by atoms with Crippen LogP contribution in [0.5, 0.6) is 0 Å². The number of aliphatic imine (C=N–C) groups is 1. The molecule has 1 amide bonds. The van der Waals surface area contributed by atoms with Gasteiger partial charge in [-0.1, -0.05) is 23.2 Å². The number of benzene rings is 1. The van der Waals surface area contributed by atoms with Gasteiger partial charge in [0.2, 0.25) is 0 Å². The Morgan fingerprint density at radius 1 is 1.26 bits per heavy atom. The molecule has 0 spiro atoms. The lowest BCUT2D eigenvalue weighted by atomic mass is 10.2. The first-order valence-corrected chi connectivity index (χ1v) is 9.20. The molecule has 1 fully saturated rings. The minimum atomic E-state index is -0.104. The summed E-state index contributed by atoms with van der Waals surface area (Å²) in [6, 6.07) is 5.05. The Balaban J connectivity index is 1.62. The molecule has 7 heteroatoms. The van der Waals surface area contributed by atoms with Crippen molar-refractivity contribution in [2.75, 3.05) is 18.4 Å². The van der Waals surface area contributed by atoms with E-state index in [1.165, 1.54) is 11.8 Å². The van der Waals surface area contributed by atoms with Gasteiger partial charge in [0.15, 0.2) is 5.17 Å². The molecular weight excluding hydrogens is 353 g/mol. The summed E-state index contributed by atoms with van der Waals surface area (Å²) in [4.78, 5) is 20.3. The van der Waals surface area contributed by atoms with Crippen molar-refractivity contribution in [1.82, 2.24) is 4.90 Å². The molecule has 1 aliphatic carbocycles. The molecule has 2 heterocycles. The number of thioether (sulfide) groups is 1. The first-order chi connectivity index (χ1) is 11.1. The summed E-state index contributed by atoms with van der Waals surface area (Å²) in [5.41, 5.74) is 1.77. The third-order valence-electron chi connectivity index (χ3n) is 4.03. The summed E-state index contributed by atoms with van der Waals surface area (Å²) in [5.74, 6) is 0.393. The Bertz CT molecular complexity index is 723. The van der Waals surface area contributed by atoms with E-state index < -0.39 is 0 Å². The van der Waals surface area contributed by atoms with Crippen LogP contribution in [0.3, 0.4) is 0 Å². The summed E-state index contributed by atoms with van der Waals surface area (Å²) < 4.78 is 0. The molecular formula is C16H15Cl2N3OS. The fourth-order valence-corrected chi connectivity index (χ4v) is 4.59. The van der Waals surface area contributed by atoms with E-state index in [0.717, 1.165) is 48.1 Å². The number of carbonyl (C=O) groups excluding carboxylic acids is 1. The number of allylic oxidation sites excluding steroid dienone is 1. The molecule has 1 saturated carbocycles. The van der Waals surface area contributed by atoms with Crippen molar-refractivity contribution in [3.8, 4) is 0 Å². The maximum Gasteiger partial charge on any atom is 0.264 e. The molecule has 0 unspecified atom stereocenters. The van der Waals surface area contributed by atoms with Crippen LogP contribution in [0, 0.1) is 5.92 Å². The fraction of sp³-hybridized carbons (Fsp3) is 0.375. The average molecular weight is 368 g/mol. The summed E-state index contributed by atoms with van der Waals surface area (Å²) in [6.07, 6.45) is 3.35. The van der Waals surface area contributed by atoms with Gasteiger partial charge in [0.25, 0.3) is 5.91 Å². The van der Waals surface area contributed by atoms with Crippen molar-refractivity contribution >= 4 is 51.7 Å². The van der Waals surface area contributed by atoms with Gasteiger partial charge in [0.1, 0.15) is 4.91 Å². The first-order valence-electron chi connectivity index (χ1n) is 7.63. The average Bonchev–Trinajstić information content (AvgIpc) is 3.25. The molecule has 0 saturated heterocycles. The summed E-state index contributed by atoms with van der Waals surface area (Å²) in [6.45, 7) is 1.80. The topological polar surface area (TPSA) is 44.7 Å². The zero-order chi connectivity index (χ0) is 16.0. The highest BCUT2D eigenvalue weighted by molar-refractivity contribution is 8.18. The maximum atomic E-state index is 12.8. The van der Waals surface area contributed by atoms with Crippen LogP contribution in [0.25, 0.3) is 0 Å². The molecule has 4 nitrogen and oxygen atoms in total. The number of anilines is 1. The third kappa shape index (κ3) is 3.10. The van der Waals surface area contributed by atoms with E-state index in [9.17, 15) is 4.79 Å². The highest BCUT2D eigenvalue weighted by Gasteiger charge is 2.42. The molecule has 23 heavy (non-hydrogen) atoms. The lowest BCUT2D eigenvalue weighted by Crippen LogP contribution is -2.30. The molecule has 0 radical (unpaired) electrons. The number of fused-ring (bicyclic) bond motifs is 1. The van der Waals surface area contributed by atoms with Crippen molar-refractivity contribution in [1.29, 1.82) is 0 Å². The van der Waals surface area contributed by atoms with Crippen LogP contribution in [0.4, 0.5) is 5.69 Å². The van der Waals surface area contributed by atoms with Gasteiger partial charge in [-0.3, -0.25) is 9.79 Å². The number of hydrogen-bond acceptors (Lipinski definition) is 4. The Morgan fingerprint density at radius 2 is 2.00 bits per heavy atom. The van der Waals surface area contributed by atoms with Gasteiger partial charge in [-0.2, -0.15) is 0 Å². The Hall–Kier alpha value is -1.17. The highest BCUT2D eigenvalue weighted by atomic mass is 35.5. The van der Waals surface area contributed by atoms with E-state index in [0.29, 0.717) is 21.7 Å². The molecule has 3 aliphatic rings. The molecule has 0 aromatic heterocycles. The van der Waals surface area contributed by atoms with Gasteiger partial charge in [-0.15, -0.1) is 0 Å². The summed E-state index contributed by atoms with van der Waals surface area (Å²) in [5, 5.41) is 4.89. The number of carbonyl (C=O) groups is 1. The van der Waals surface area contributed by atoms with Gasteiger partial charge in [-0.05, 0) is 49.2 Å².